The van der Waals surface area contributed by atoms with Crippen molar-refractivity contribution in [3.8, 4) is 0 Å². The minimum Gasteiger partial charge on any atom is -0.394 e. The van der Waals surface area contributed by atoms with Crippen LogP contribution in [0.5, 0.6) is 0 Å². The number of nitrogens with zero attached hydrogens (tertiary/aromatic N) is 7. The third kappa shape index (κ3) is 4.89. The number of imidazole rings is 1. The van der Waals surface area contributed by atoms with Gasteiger partial charge in [0.15, 0.2) is 17.0 Å². The van der Waals surface area contributed by atoms with Gasteiger partial charge in [-0.2, -0.15) is 0 Å². The molecule has 0 bridgehead atoms. The zero-order chi connectivity index (χ0) is 29.2. The molecule has 2 aliphatic heterocycles. The number of morpholine rings is 1. The monoisotopic (exact) mass is 573 g/mol. The van der Waals surface area contributed by atoms with E-state index < -0.39 is 17.9 Å². The molecule has 2 saturated heterocycles. The molecule has 43 heavy (non-hydrogen) atoms. The molecule has 0 spiro atoms. The normalized spacial score (nSPS) is 20.7. The van der Waals surface area contributed by atoms with Gasteiger partial charge in [-0.15, -0.1) is 0 Å². The molecule has 2 fully saturated rings. The highest BCUT2D eigenvalue weighted by atomic mass is 16.5. The topological polar surface area (TPSA) is 91.9 Å². The van der Waals surface area contributed by atoms with Gasteiger partial charge in [-0.3, -0.25) is 9.47 Å². The van der Waals surface area contributed by atoms with Gasteiger partial charge in [0.25, 0.3) is 0 Å². The zero-order valence-corrected chi connectivity index (χ0v) is 24.2. The second kappa shape index (κ2) is 11.7. The van der Waals surface area contributed by atoms with Gasteiger partial charge < -0.3 is 14.7 Å². The van der Waals surface area contributed by atoms with Crippen molar-refractivity contribution in [2.75, 3.05) is 33.3 Å². The van der Waals surface area contributed by atoms with Gasteiger partial charge in [-0.25, -0.2) is 19.9 Å². The highest BCUT2D eigenvalue weighted by Gasteiger charge is 2.46. The lowest BCUT2D eigenvalue weighted by Crippen LogP contribution is -2.57. The summed E-state index contributed by atoms with van der Waals surface area (Å²) >= 11 is 0. The Morgan fingerprint density at radius 1 is 0.860 bits per heavy atom. The van der Waals surface area contributed by atoms with Gasteiger partial charge in [0.05, 0.1) is 24.6 Å². The largest absolute Gasteiger partial charge is 0.394 e. The van der Waals surface area contributed by atoms with Crippen LogP contribution in [-0.2, 0) is 10.3 Å². The maximum Gasteiger partial charge on any atom is 0.185 e. The number of aliphatic hydroxyl groups excluding tert-OH is 1. The summed E-state index contributed by atoms with van der Waals surface area (Å²) in [5.41, 5.74) is 4.07. The smallest absolute Gasteiger partial charge is 0.185 e. The van der Waals surface area contributed by atoms with Crippen LogP contribution in [0, 0.1) is 0 Å². The fraction of sp³-hybridized carbons (Fsp3) is 0.294. The van der Waals surface area contributed by atoms with E-state index in [1.807, 2.05) is 22.8 Å². The Hall–Kier alpha value is -4.44. The summed E-state index contributed by atoms with van der Waals surface area (Å²) in [5, 5.41) is 10.5. The molecule has 0 unspecified atom stereocenters. The standard InChI is InChI=1S/C34H35N7O2/c1-39-19-11-18-29(39)38-32-31-33(36-23-35-32)41(24-37-31)30-21-40(20-28(22-42)43-30)34(25-12-5-2-6-13-25,26-14-7-3-8-15-26)27-16-9-4-10-17-27/h2-10,12-17,23-24,28,30,42H,11,18-22H2,1H3/t28-,30+/m0/s1. The van der Waals surface area contributed by atoms with Gasteiger partial charge in [0.2, 0.25) is 0 Å². The Kier molecular flexibility index (Phi) is 7.44. The predicted molar refractivity (Wildman–Crippen MR) is 166 cm³/mol. The average molecular weight is 574 g/mol. The molecule has 218 valence electrons. The fourth-order valence-electron chi connectivity index (χ4n) is 6.62. The van der Waals surface area contributed by atoms with Gasteiger partial charge >= 0.3 is 0 Å². The SMILES string of the molecule is CN1CCCC1=Nc1ncnc2c1ncn2[C@H]1CN(C(c2ccccc2)(c2ccccc2)c2ccccc2)C[C@@H](CO)O1. The first-order valence-electron chi connectivity index (χ1n) is 14.8. The molecule has 5 aromatic rings. The van der Waals surface area contributed by atoms with Gasteiger partial charge in [0.1, 0.15) is 18.4 Å². The Morgan fingerprint density at radius 3 is 2.05 bits per heavy atom. The predicted octanol–water partition coefficient (Wildman–Crippen LogP) is 4.77. The van der Waals surface area contributed by atoms with Gasteiger partial charge in [-0.05, 0) is 23.1 Å². The summed E-state index contributed by atoms with van der Waals surface area (Å²) in [6.07, 6.45) is 4.41. The zero-order valence-electron chi connectivity index (χ0n) is 24.2. The van der Waals surface area contributed by atoms with Crippen molar-refractivity contribution in [1.82, 2.24) is 29.3 Å². The van der Waals surface area contributed by atoms with Crippen LogP contribution in [0.2, 0.25) is 0 Å². The summed E-state index contributed by atoms with van der Waals surface area (Å²) in [5.74, 6) is 1.57. The van der Waals surface area contributed by atoms with Crippen LogP contribution in [0.25, 0.3) is 11.2 Å². The third-order valence-corrected chi connectivity index (χ3v) is 8.62. The number of likely N-dealkylation sites (tertiary alicyclic amines) is 1. The van der Waals surface area contributed by atoms with E-state index in [4.69, 9.17) is 14.7 Å². The van der Waals surface area contributed by atoms with Crippen LogP contribution < -0.4 is 0 Å². The van der Waals surface area contributed by atoms with E-state index in [9.17, 15) is 5.11 Å². The summed E-state index contributed by atoms with van der Waals surface area (Å²) < 4.78 is 8.50. The highest BCUT2D eigenvalue weighted by molar-refractivity contribution is 5.90. The number of benzene rings is 3. The second-order valence-corrected chi connectivity index (χ2v) is 11.2. The maximum atomic E-state index is 10.5. The summed E-state index contributed by atoms with van der Waals surface area (Å²) in [6.45, 7) is 1.92. The van der Waals surface area contributed by atoms with Crippen molar-refractivity contribution >= 4 is 22.8 Å². The molecule has 2 aromatic heterocycles. The lowest BCUT2D eigenvalue weighted by atomic mass is 9.75. The quantitative estimate of drug-likeness (QED) is 0.281. The average Bonchev–Trinajstić information content (AvgIpc) is 3.69. The van der Waals surface area contributed by atoms with Crippen molar-refractivity contribution in [3.63, 3.8) is 0 Å². The second-order valence-electron chi connectivity index (χ2n) is 11.2. The van der Waals surface area contributed by atoms with Crippen LogP contribution >= 0.6 is 0 Å². The number of fused-ring (bicyclic) bond motifs is 1. The Bertz CT molecular complexity index is 1610. The van der Waals surface area contributed by atoms with E-state index in [1.165, 1.54) is 0 Å². The molecule has 3 aromatic carbocycles. The molecule has 2 atom stereocenters. The van der Waals surface area contributed by atoms with E-state index in [1.54, 1.807) is 12.7 Å². The molecule has 9 heteroatoms. The molecule has 0 saturated carbocycles. The van der Waals surface area contributed by atoms with E-state index >= 15 is 0 Å². The lowest BCUT2D eigenvalue weighted by Gasteiger charge is -2.50. The molecular formula is C34H35N7O2. The van der Waals surface area contributed by atoms with Crippen LogP contribution in [0.4, 0.5) is 5.82 Å². The van der Waals surface area contributed by atoms with E-state index in [-0.39, 0.29) is 6.61 Å². The first-order chi connectivity index (χ1) is 21.2. The molecule has 7 rings (SSSR count). The number of aromatic nitrogens is 4. The molecule has 2 aliphatic rings. The molecule has 9 nitrogen and oxygen atoms in total. The van der Waals surface area contributed by atoms with Gasteiger partial charge in [0, 0.05) is 33.1 Å². The van der Waals surface area contributed by atoms with E-state index in [0.29, 0.717) is 30.1 Å². The van der Waals surface area contributed by atoms with Crippen LogP contribution in [0.3, 0.4) is 0 Å². The maximum absolute atomic E-state index is 10.5. The van der Waals surface area contributed by atoms with Crippen molar-refractivity contribution in [2.45, 2.75) is 30.7 Å². The molecule has 1 N–H and O–H groups in total. The van der Waals surface area contributed by atoms with Crippen molar-refractivity contribution in [2.24, 2.45) is 4.99 Å². The van der Waals surface area contributed by atoms with Crippen molar-refractivity contribution in [1.29, 1.82) is 0 Å². The number of amidine groups is 1. The van der Waals surface area contributed by atoms with Crippen LogP contribution in [-0.4, -0.2) is 79.7 Å². The minimum atomic E-state index is -0.644. The van der Waals surface area contributed by atoms with Crippen LogP contribution in [0.1, 0.15) is 35.8 Å². The Labute approximate surface area is 251 Å². The number of hydrogen-bond donors (Lipinski definition) is 1. The molecule has 0 radical (unpaired) electrons. The summed E-state index contributed by atoms with van der Waals surface area (Å²) in [4.78, 5) is 23.3. The van der Waals surface area contributed by atoms with E-state index in [0.717, 1.165) is 41.9 Å². The number of aliphatic imine (C=N–C) groups is 1. The lowest BCUT2D eigenvalue weighted by molar-refractivity contribution is -0.148. The summed E-state index contributed by atoms with van der Waals surface area (Å²) in [7, 11) is 2.06. The van der Waals surface area contributed by atoms with Crippen LogP contribution in [0.15, 0.2) is 109 Å². The molecular weight excluding hydrogens is 538 g/mol. The van der Waals surface area contributed by atoms with Crippen molar-refractivity contribution < 1.29 is 9.84 Å². The van der Waals surface area contributed by atoms with Gasteiger partial charge in [-0.1, -0.05) is 91.0 Å². The number of hydrogen-bond acceptors (Lipinski definition) is 7. The minimum absolute atomic E-state index is 0.117. The molecule has 0 aliphatic carbocycles. The number of ether oxygens (including phenoxy) is 1. The van der Waals surface area contributed by atoms with Crippen molar-refractivity contribution in [3.05, 3.63) is 120 Å². The third-order valence-electron chi connectivity index (χ3n) is 8.62. The first kappa shape index (κ1) is 27.4. The Balaban J connectivity index is 1.36. The number of aliphatic hydroxyl groups is 1. The highest BCUT2D eigenvalue weighted by Crippen LogP contribution is 2.45. The Morgan fingerprint density at radius 2 is 1.49 bits per heavy atom. The summed E-state index contributed by atoms with van der Waals surface area (Å²) in [6, 6.07) is 31.8. The molecule has 4 heterocycles. The first-order valence-corrected chi connectivity index (χ1v) is 14.8. The number of rotatable bonds is 7. The van der Waals surface area contributed by atoms with E-state index in [2.05, 4.69) is 99.6 Å². The fourth-order valence-corrected chi connectivity index (χ4v) is 6.62. The molecule has 0 amide bonds.